The first-order valence-corrected chi connectivity index (χ1v) is 7.63. The molecule has 1 aliphatic heterocycles. The number of rotatable bonds is 3. The molecule has 0 fully saturated rings. The lowest BCUT2D eigenvalue weighted by molar-refractivity contribution is -0.145. The zero-order valence-corrected chi connectivity index (χ0v) is 13.0. The zero-order chi connectivity index (χ0) is 17.4. The quantitative estimate of drug-likeness (QED) is 0.722. The van der Waals surface area contributed by atoms with E-state index in [1.165, 1.54) is 6.20 Å². The topological polar surface area (TPSA) is 68.2 Å². The molecule has 0 amide bonds. The van der Waals surface area contributed by atoms with Crippen molar-refractivity contribution in [3.05, 3.63) is 53.4 Å². The van der Waals surface area contributed by atoms with Gasteiger partial charge in [0.25, 0.3) is 0 Å². The number of alkyl halides is 3. The second kappa shape index (κ2) is 5.99. The molecule has 25 heavy (non-hydrogen) atoms. The van der Waals surface area contributed by atoms with Crippen LogP contribution in [0.1, 0.15) is 22.8 Å². The van der Waals surface area contributed by atoms with E-state index in [1.807, 2.05) is 0 Å². The molecule has 1 aliphatic rings. The van der Waals surface area contributed by atoms with E-state index in [0.29, 0.717) is 48.8 Å². The molecule has 0 aliphatic carbocycles. The van der Waals surface area contributed by atoms with Gasteiger partial charge in [0.2, 0.25) is 11.6 Å². The summed E-state index contributed by atoms with van der Waals surface area (Å²) in [5.74, 6) is 0.0469. The van der Waals surface area contributed by atoms with Crippen LogP contribution in [-0.2, 0) is 25.7 Å². The smallest absolute Gasteiger partial charge is 0.451 e. The van der Waals surface area contributed by atoms with Crippen molar-refractivity contribution < 1.29 is 22.1 Å². The van der Waals surface area contributed by atoms with Crippen LogP contribution in [0.4, 0.5) is 13.2 Å². The highest BCUT2D eigenvalue weighted by atomic mass is 19.4. The van der Waals surface area contributed by atoms with E-state index >= 15 is 0 Å². The molecule has 0 saturated heterocycles. The van der Waals surface area contributed by atoms with Crippen molar-refractivity contribution in [2.24, 2.45) is 0 Å². The second-order valence-corrected chi connectivity index (χ2v) is 5.78. The highest BCUT2D eigenvalue weighted by molar-refractivity contribution is 5.49. The van der Waals surface area contributed by atoms with Gasteiger partial charge in [-0.2, -0.15) is 13.2 Å². The molecule has 3 aromatic heterocycles. The number of aromatic nitrogens is 3. The fraction of sp³-hybridized carbons (Fsp3) is 0.312. The van der Waals surface area contributed by atoms with Crippen molar-refractivity contribution in [2.45, 2.75) is 25.7 Å². The molecule has 0 atom stereocenters. The monoisotopic (exact) mass is 350 g/mol. The van der Waals surface area contributed by atoms with Gasteiger partial charge in [0.1, 0.15) is 0 Å². The summed E-state index contributed by atoms with van der Waals surface area (Å²) >= 11 is 0. The van der Waals surface area contributed by atoms with E-state index in [1.54, 1.807) is 24.5 Å². The van der Waals surface area contributed by atoms with E-state index in [4.69, 9.17) is 8.94 Å². The Morgan fingerprint density at radius 2 is 2.12 bits per heavy atom. The molecule has 4 rings (SSSR count). The van der Waals surface area contributed by atoms with Gasteiger partial charge in [-0.3, -0.25) is 4.90 Å². The molecule has 3 aromatic rings. The fourth-order valence-electron chi connectivity index (χ4n) is 2.80. The number of nitrogens with zero attached hydrogens (tertiary/aromatic N) is 4. The average Bonchev–Trinajstić information content (AvgIpc) is 3.24. The third-order valence-electron chi connectivity index (χ3n) is 3.98. The minimum absolute atomic E-state index is 0.434. The predicted molar refractivity (Wildman–Crippen MR) is 79.1 cm³/mol. The van der Waals surface area contributed by atoms with E-state index < -0.39 is 12.0 Å². The largest absolute Gasteiger partial charge is 0.461 e. The number of hydrogen-bond acceptors (Lipinski definition) is 6. The van der Waals surface area contributed by atoms with Gasteiger partial charge in [-0.25, -0.2) is 9.97 Å². The molecule has 0 aromatic carbocycles. The van der Waals surface area contributed by atoms with Gasteiger partial charge in [0.15, 0.2) is 5.76 Å². The molecular formula is C16H13F3N4O2. The van der Waals surface area contributed by atoms with Crippen molar-refractivity contribution in [3.63, 3.8) is 0 Å². The minimum Gasteiger partial charge on any atom is -0.461 e. The average molecular weight is 350 g/mol. The molecule has 0 bridgehead atoms. The standard InChI is InChI=1S/C16H13F3N4O2/c17-16(18,19)15-20-7-10-8-23(4-3-12(10)21-15)9-11-6-14(25-22-11)13-2-1-5-24-13/h1-2,5-7H,3-4,8-9H2. The van der Waals surface area contributed by atoms with Crippen molar-refractivity contribution in [2.75, 3.05) is 6.54 Å². The van der Waals surface area contributed by atoms with Gasteiger partial charge < -0.3 is 8.94 Å². The van der Waals surface area contributed by atoms with Crippen molar-refractivity contribution in [1.82, 2.24) is 20.0 Å². The summed E-state index contributed by atoms with van der Waals surface area (Å²) < 4.78 is 48.5. The Bertz CT molecular complexity index is 874. The highest BCUT2D eigenvalue weighted by Crippen LogP contribution is 2.28. The van der Waals surface area contributed by atoms with Gasteiger partial charge in [0.05, 0.1) is 17.7 Å². The molecule has 0 saturated carbocycles. The van der Waals surface area contributed by atoms with Gasteiger partial charge in [0, 0.05) is 43.9 Å². The summed E-state index contributed by atoms with van der Waals surface area (Å²) in [6, 6.07) is 5.32. The summed E-state index contributed by atoms with van der Waals surface area (Å²) in [4.78, 5) is 9.15. The minimum atomic E-state index is -4.52. The van der Waals surface area contributed by atoms with Crippen LogP contribution in [0.3, 0.4) is 0 Å². The lowest BCUT2D eigenvalue weighted by Crippen LogP contribution is -2.31. The summed E-state index contributed by atoms with van der Waals surface area (Å²) in [6.45, 7) is 1.57. The highest BCUT2D eigenvalue weighted by Gasteiger charge is 2.35. The number of halogens is 3. The summed E-state index contributed by atoms with van der Waals surface area (Å²) in [6.07, 6.45) is -1.28. The Kier molecular flexibility index (Phi) is 3.79. The van der Waals surface area contributed by atoms with Gasteiger partial charge >= 0.3 is 6.18 Å². The second-order valence-electron chi connectivity index (χ2n) is 5.78. The van der Waals surface area contributed by atoms with Crippen molar-refractivity contribution >= 4 is 0 Å². The maximum Gasteiger partial charge on any atom is 0.451 e. The Hall–Kier alpha value is -2.68. The normalized spacial score (nSPS) is 15.3. The fourth-order valence-corrected chi connectivity index (χ4v) is 2.80. The summed E-state index contributed by atoms with van der Waals surface area (Å²) in [5, 5.41) is 4.01. The third kappa shape index (κ3) is 3.27. The van der Waals surface area contributed by atoms with Crippen LogP contribution in [0, 0.1) is 0 Å². The Labute approximate surface area is 140 Å². The van der Waals surface area contributed by atoms with E-state index in [9.17, 15) is 13.2 Å². The van der Waals surface area contributed by atoms with Gasteiger partial charge in [-0.1, -0.05) is 5.16 Å². The zero-order valence-electron chi connectivity index (χ0n) is 13.0. The lowest BCUT2D eigenvalue weighted by Gasteiger charge is -2.27. The van der Waals surface area contributed by atoms with Crippen molar-refractivity contribution in [1.29, 1.82) is 0 Å². The van der Waals surface area contributed by atoms with Crippen LogP contribution in [0.5, 0.6) is 0 Å². The van der Waals surface area contributed by atoms with Crippen molar-refractivity contribution in [3.8, 4) is 11.5 Å². The van der Waals surface area contributed by atoms with Crippen LogP contribution in [0.25, 0.3) is 11.5 Å². The van der Waals surface area contributed by atoms with Gasteiger partial charge in [-0.15, -0.1) is 0 Å². The number of furan rings is 1. The number of hydrogen-bond donors (Lipinski definition) is 0. The molecule has 4 heterocycles. The van der Waals surface area contributed by atoms with Crippen LogP contribution in [0.2, 0.25) is 0 Å². The molecule has 0 unspecified atom stereocenters. The van der Waals surface area contributed by atoms with Crippen LogP contribution < -0.4 is 0 Å². The SMILES string of the molecule is FC(F)(F)c1ncc2c(n1)CCN(Cc1cc(-c3ccco3)on1)C2. The predicted octanol–water partition coefficient (Wildman–Crippen LogP) is 3.30. The first-order valence-electron chi connectivity index (χ1n) is 7.63. The Morgan fingerprint density at radius 1 is 1.24 bits per heavy atom. The molecule has 0 spiro atoms. The third-order valence-corrected chi connectivity index (χ3v) is 3.98. The van der Waals surface area contributed by atoms with Crippen LogP contribution in [0.15, 0.2) is 39.6 Å². The van der Waals surface area contributed by atoms with E-state index in [0.717, 1.165) is 5.69 Å². The maximum atomic E-state index is 12.7. The van der Waals surface area contributed by atoms with E-state index in [2.05, 4.69) is 20.0 Å². The van der Waals surface area contributed by atoms with Gasteiger partial charge in [-0.05, 0) is 12.1 Å². The molecule has 0 N–H and O–H groups in total. The molecule has 130 valence electrons. The lowest BCUT2D eigenvalue weighted by atomic mass is 10.1. The number of fused-ring (bicyclic) bond motifs is 1. The summed E-state index contributed by atoms with van der Waals surface area (Å²) in [7, 11) is 0. The Balaban J connectivity index is 1.46. The molecule has 9 heteroatoms. The van der Waals surface area contributed by atoms with Crippen LogP contribution >= 0.6 is 0 Å². The molecular weight excluding hydrogens is 337 g/mol. The first kappa shape index (κ1) is 15.8. The van der Waals surface area contributed by atoms with E-state index in [-0.39, 0.29) is 0 Å². The molecule has 6 nitrogen and oxygen atoms in total. The van der Waals surface area contributed by atoms with Crippen LogP contribution in [-0.4, -0.2) is 26.6 Å². The Morgan fingerprint density at radius 3 is 2.88 bits per heavy atom. The maximum absolute atomic E-state index is 12.7. The molecule has 0 radical (unpaired) electrons. The first-order chi connectivity index (χ1) is 12.0. The summed E-state index contributed by atoms with van der Waals surface area (Å²) in [5.41, 5.74) is 1.88.